The molecule has 4 nitrogen and oxygen atoms in total. The predicted molar refractivity (Wildman–Crippen MR) is 138 cm³/mol. The van der Waals surface area contributed by atoms with Crippen LogP contribution in [0.4, 0.5) is 5.69 Å². The summed E-state index contributed by atoms with van der Waals surface area (Å²) in [7, 11) is 0. The zero-order valence-electron chi connectivity index (χ0n) is 19.3. The molecule has 4 rings (SSSR count). The normalized spacial score (nSPS) is 19.8. The number of halogens is 2. The minimum Gasteiger partial charge on any atom is -0.508 e. The number of aromatic hydroxyl groups is 1. The molecule has 0 spiro atoms. The highest BCUT2D eigenvalue weighted by molar-refractivity contribution is 6.43. The Morgan fingerprint density at radius 3 is 2.67 bits per heavy atom. The van der Waals surface area contributed by atoms with Crippen molar-refractivity contribution in [2.45, 2.75) is 51.2 Å². The van der Waals surface area contributed by atoms with Crippen LogP contribution in [0, 0.1) is 12.3 Å². The van der Waals surface area contributed by atoms with Crippen LogP contribution in [0.2, 0.25) is 10.0 Å². The number of aryl methyl sites for hydroxylation is 1. The quantitative estimate of drug-likeness (QED) is 0.528. The first-order valence-corrected chi connectivity index (χ1v) is 12.7. The van der Waals surface area contributed by atoms with E-state index in [0.717, 1.165) is 64.0 Å². The molecule has 0 saturated carbocycles. The average molecular weight is 486 g/mol. The molecule has 1 heterocycles. The molecule has 2 atom stereocenters. The molecular weight excluding hydrogens is 453 g/mol. The molecule has 176 valence electrons. The Morgan fingerprint density at radius 1 is 1.15 bits per heavy atom. The average Bonchev–Trinajstić information content (AvgIpc) is 2.83. The van der Waals surface area contributed by atoms with Crippen molar-refractivity contribution in [1.82, 2.24) is 9.80 Å². The molecule has 0 amide bonds. The number of benzene rings is 2. The highest BCUT2D eigenvalue weighted by atomic mass is 35.5. The smallest absolute Gasteiger partial charge is 0.115 e. The summed E-state index contributed by atoms with van der Waals surface area (Å²) in [5.74, 6) is 3.28. The number of hydrogen-bond acceptors (Lipinski definition) is 4. The Kier molecular flexibility index (Phi) is 8.09. The number of piperazine rings is 1. The summed E-state index contributed by atoms with van der Waals surface area (Å²) in [4.78, 5) is 7.46. The third kappa shape index (κ3) is 5.44. The van der Waals surface area contributed by atoms with Crippen molar-refractivity contribution >= 4 is 28.9 Å². The first-order valence-electron chi connectivity index (χ1n) is 11.9. The molecule has 1 N–H and O–H groups in total. The van der Waals surface area contributed by atoms with E-state index < -0.39 is 0 Å². The van der Waals surface area contributed by atoms with Gasteiger partial charge in [0.25, 0.3) is 0 Å². The summed E-state index contributed by atoms with van der Waals surface area (Å²) >= 11 is 12.7. The molecule has 2 aliphatic rings. The SMILES string of the molecule is C#CCN(C1CCc2ccc(O)cc2C1)C(CCC)N1CCN(c2cccc(Cl)c2Cl)CC1. The maximum atomic E-state index is 9.99. The Morgan fingerprint density at radius 2 is 1.94 bits per heavy atom. The van der Waals surface area contributed by atoms with Crippen molar-refractivity contribution in [3.8, 4) is 18.1 Å². The first-order chi connectivity index (χ1) is 16.0. The standard InChI is InChI=1S/C27H33Cl2N3O/c1-3-6-26(31-16-14-30(15-17-31)25-8-5-7-24(28)27(25)29)32(13-4-2)22-11-9-20-10-12-23(33)19-21(20)18-22/h2,5,7-8,10,12,19,22,26,33H,3,6,9,11,13-18H2,1H3. The van der Waals surface area contributed by atoms with Gasteiger partial charge in [0, 0.05) is 32.2 Å². The molecule has 2 unspecified atom stereocenters. The van der Waals surface area contributed by atoms with Crippen molar-refractivity contribution in [3.05, 3.63) is 57.6 Å². The van der Waals surface area contributed by atoms with Crippen molar-refractivity contribution in [2.24, 2.45) is 0 Å². The van der Waals surface area contributed by atoms with E-state index >= 15 is 0 Å². The molecular formula is C27H33Cl2N3O. The molecule has 2 aromatic rings. The lowest BCUT2D eigenvalue weighted by molar-refractivity contribution is 0.00755. The van der Waals surface area contributed by atoms with Gasteiger partial charge in [-0.3, -0.25) is 9.80 Å². The summed E-state index contributed by atoms with van der Waals surface area (Å²) in [6, 6.07) is 12.0. The number of terminal acetylenes is 1. The molecule has 0 aromatic heterocycles. The number of phenolic OH excluding ortho intramolecular Hbond substituents is 1. The van der Waals surface area contributed by atoms with Crippen LogP contribution in [-0.4, -0.2) is 59.8 Å². The molecule has 0 radical (unpaired) electrons. The van der Waals surface area contributed by atoms with Gasteiger partial charge in [-0.25, -0.2) is 0 Å². The van der Waals surface area contributed by atoms with Crippen LogP contribution in [0.1, 0.15) is 37.3 Å². The van der Waals surface area contributed by atoms with Crippen LogP contribution in [-0.2, 0) is 12.8 Å². The Bertz CT molecular complexity index is 997. The highest BCUT2D eigenvalue weighted by Crippen LogP contribution is 2.34. The lowest BCUT2D eigenvalue weighted by Gasteiger charge is -2.47. The highest BCUT2D eigenvalue weighted by Gasteiger charge is 2.33. The minimum absolute atomic E-state index is 0.312. The largest absolute Gasteiger partial charge is 0.508 e. The summed E-state index contributed by atoms with van der Waals surface area (Å²) in [5, 5.41) is 11.2. The minimum atomic E-state index is 0.312. The van der Waals surface area contributed by atoms with Crippen molar-refractivity contribution < 1.29 is 5.11 Å². The van der Waals surface area contributed by atoms with E-state index in [1.54, 1.807) is 6.07 Å². The second-order valence-electron chi connectivity index (χ2n) is 9.09. The van der Waals surface area contributed by atoms with Gasteiger partial charge < -0.3 is 10.0 Å². The van der Waals surface area contributed by atoms with Crippen molar-refractivity contribution in [2.75, 3.05) is 37.6 Å². The van der Waals surface area contributed by atoms with Gasteiger partial charge in [0.1, 0.15) is 5.75 Å². The number of anilines is 1. The van der Waals surface area contributed by atoms with Gasteiger partial charge in [-0.2, -0.15) is 0 Å². The fourth-order valence-electron chi connectivity index (χ4n) is 5.40. The van der Waals surface area contributed by atoms with E-state index in [2.05, 4.69) is 33.6 Å². The monoisotopic (exact) mass is 485 g/mol. The predicted octanol–water partition coefficient (Wildman–Crippen LogP) is 5.44. The van der Waals surface area contributed by atoms with Gasteiger partial charge >= 0.3 is 0 Å². The van der Waals surface area contributed by atoms with E-state index in [1.165, 1.54) is 11.1 Å². The lowest BCUT2D eigenvalue weighted by Crippen LogP contribution is -2.59. The Hall–Kier alpha value is -1.90. The van der Waals surface area contributed by atoms with Crippen LogP contribution < -0.4 is 4.90 Å². The van der Waals surface area contributed by atoms with E-state index in [9.17, 15) is 5.11 Å². The summed E-state index contributed by atoms with van der Waals surface area (Å²) in [5.41, 5.74) is 3.62. The van der Waals surface area contributed by atoms with Gasteiger partial charge in [-0.05, 0) is 61.1 Å². The van der Waals surface area contributed by atoms with Gasteiger partial charge in [-0.15, -0.1) is 6.42 Å². The van der Waals surface area contributed by atoms with Gasteiger partial charge in [-0.1, -0.05) is 54.6 Å². The number of fused-ring (bicyclic) bond motifs is 1. The Balaban J connectivity index is 1.49. The molecule has 6 heteroatoms. The van der Waals surface area contributed by atoms with Crippen molar-refractivity contribution in [3.63, 3.8) is 0 Å². The first kappa shape index (κ1) is 24.2. The third-order valence-corrected chi connectivity index (χ3v) is 7.88. The summed E-state index contributed by atoms with van der Waals surface area (Å²) in [6.07, 6.45) is 11.4. The van der Waals surface area contributed by atoms with Gasteiger partial charge in [0.05, 0.1) is 28.4 Å². The summed E-state index contributed by atoms with van der Waals surface area (Å²) < 4.78 is 0. The van der Waals surface area contributed by atoms with Gasteiger partial charge in [0.2, 0.25) is 0 Å². The van der Waals surface area contributed by atoms with Crippen LogP contribution >= 0.6 is 23.2 Å². The van der Waals surface area contributed by atoms with E-state index in [-0.39, 0.29) is 0 Å². The third-order valence-electron chi connectivity index (χ3n) is 7.07. The fourth-order valence-corrected chi connectivity index (χ4v) is 5.82. The molecule has 0 bridgehead atoms. The molecule has 1 fully saturated rings. The zero-order chi connectivity index (χ0) is 23.4. The van der Waals surface area contributed by atoms with E-state index in [1.807, 2.05) is 24.3 Å². The number of phenols is 1. The lowest BCUT2D eigenvalue weighted by atomic mass is 9.86. The topological polar surface area (TPSA) is 30.0 Å². The zero-order valence-corrected chi connectivity index (χ0v) is 20.8. The summed E-state index contributed by atoms with van der Waals surface area (Å²) in [6.45, 7) is 6.62. The van der Waals surface area contributed by atoms with Gasteiger partial charge in [0.15, 0.2) is 0 Å². The second-order valence-corrected chi connectivity index (χ2v) is 9.88. The number of hydrogen-bond donors (Lipinski definition) is 1. The molecule has 1 aliphatic carbocycles. The van der Waals surface area contributed by atoms with Crippen LogP contribution in [0.3, 0.4) is 0 Å². The molecule has 2 aromatic carbocycles. The second kappa shape index (κ2) is 11.0. The number of rotatable bonds is 7. The van der Waals surface area contributed by atoms with Crippen LogP contribution in [0.25, 0.3) is 0 Å². The maximum absolute atomic E-state index is 9.99. The molecule has 1 saturated heterocycles. The number of nitrogens with zero attached hydrogens (tertiary/aromatic N) is 3. The van der Waals surface area contributed by atoms with E-state index in [0.29, 0.717) is 34.5 Å². The van der Waals surface area contributed by atoms with Crippen LogP contribution in [0.5, 0.6) is 5.75 Å². The van der Waals surface area contributed by atoms with Crippen LogP contribution in [0.15, 0.2) is 36.4 Å². The van der Waals surface area contributed by atoms with E-state index in [4.69, 9.17) is 29.6 Å². The molecule has 1 aliphatic heterocycles. The fraction of sp³-hybridized carbons (Fsp3) is 0.481. The van der Waals surface area contributed by atoms with Crippen molar-refractivity contribution in [1.29, 1.82) is 0 Å². The Labute approximate surface area is 208 Å². The maximum Gasteiger partial charge on any atom is 0.115 e. The molecule has 33 heavy (non-hydrogen) atoms.